The van der Waals surface area contributed by atoms with Gasteiger partial charge in [-0.1, -0.05) is 54.1 Å². The van der Waals surface area contributed by atoms with E-state index in [1.165, 1.54) is 17.0 Å². The molecule has 1 unspecified atom stereocenters. The lowest BCUT2D eigenvalue weighted by Gasteiger charge is -2.16. The Kier molecular flexibility index (Phi) is 5.18. The van der Waals surface area contributed by atoms with Crippen molar-refractivity contribution < 1.29 is 9.90 Å². The fraction of sp³-hybridized carbons (Fsp3) is 0.120. The van der Waals surface area contributed by atoms with Gasteiger partial charge in [-0.2, -0.15) is 5.10 Å². The van der Waals surface area contributed by atoms with Crippen LogP contribution in [0.5, 0.6) is 0 Å². The number of rotatable bonds is 5. The number of carboxylic acids is 1. The monoisotopic (exact) mass is 458 g/mol. The molecule has 0 saturated heterocycles. The lowest BCUT2D eigenvalue weighted by atomic mass is 10.1. The van der Waals surface area contributed by atoms with Crippen molar-refractivity contribution in [2.75, 3.05) is 0 Å². The number of aryl methyl sites for hydroxylation is 1. The van der Waals surface area contributed by atoms with Gasteiger partial charge >= 0.3 is 5.97 Å². The van der Waals surface area contributed by atoms with E-state index in [-0.39, 0.29) is 6.42 Å². The lowest BCUT2D eigenvalue weighted by Crippen LogP contribution is -2.31. The second-order valence-electron chi connectivity index (χ2n) is 7.83. The van der Waals surface area contributed by atoms with E-state index in [9.17, 15) is 14.7 Å². The second-order valence-corrected chi connectivity index (χ2v) is 8.27. The first-order valence-electron chi connectivity index (χ1n) is 10.4. The number of fused-ring (bicyclic) bond motifs is 3. The molecule has 0 spiro atoms. The maximum absolute atomic E-state index is 13.3. The second kappa shape index (κ2) is 8.18. The van der Waals surface area contributed by atoms with Gasteiger partial charge in [0.05, 0.1) is 16.6 Å². The van der Waals surface area contributed by atoms with Crippen molar-refractivity contribution in [2.45, 2.75) is 19.4 Å². The number of carbonyl (C=O) groups is 1. The molecule has 0 amide bonds. The van der Waals surface area contributed by atoms with Crippen LogP contribution in [0.15, 0.2) is 77.9 Å². The zero-order valence-electron chi connectivity index (χ0n) is 17.6. The maximum atomic E-state index is 13.3. The lowest BCUT2D eigenvalue weighted by molar-refractivity contribution is -0.141. The van der Waals surface area contributed by atoms with E-state index >= 15 is 0 Å². The Hall–Kier alpha value is -3.97. The van der Waals surface area contributed by atoms with Crippen LogP contribution < -0.4 is 5.56 Å². The van der Waals surface area contributed by atoms with Crippen LogP contribution in [-0.4, -0.2) is 30.2 Å². The van der Waals surface area contributed by atoms with Crippen molar-refractivity contribution in [1.82, 2.24) is 19.2 Å². The molecule has 0 radical (unpaired) electrons. The van der Waals surface area contributed by atoms with Crippen LogP contribution in [0.3, 0.4) is 0 Å². The molecule has 7 nitrogen and oxygen atoms in total. The van der Waals surface area contributed by atoms with Gasteiger partial charge in [-0.15, -0.1) is 0 Å². The minimum Gasteiger partial charge on any atom is -0.480 e. The molecule has 0 bridgehead atoms. The van der Waals surface area contributed by atoms with Gasteiger partial charge in [0.15, 0.2) is 5.65 Å². The van der Waals surface area contributed by atoms with Crippen molar-refractivity contribution in [3.63, 3.8) is 0 Å². The first-order valence-corrected chi connectivity index (χ1v) is 10.7. The first-order chi connectivity index (χ1) is 15.9. The fourth-order valence-corrected chi connectivity index (χ4v) is 4.26. The summed E-state index contributed by atoms with van der Waals surface area (Å²) < 4.78 is 2.88. The van der Waals surface area contributed by atoms with Gasteiger partial charge < -0.3 is 9.67 Å². The third kappa shape index (κ3) is 3.66. The van der Waals surface area contributed by atoms with E-state index in [1.54, 1.807) is 22.7 Å². The largest absolute Gasteiger partial charge is 0.480 e. The van der Waals surface area contributed by atoms with E-state index in [0.29, 0.717) is 21.6 Å². The van der Waals surface area contributed by atoms with Gasteiger partial charge in [0.1, 0.15) is 6.04 Å². The van der Waals surface area contributed by atoms with Gasteiger partial charge in [-0.25, -0.2) is 14.3 Å². The van der Waals surface area contributed by atoms with Gasteiger partial charge in [-0.05, 0) is 36.2 Å². The highest BCUT2D eigenvalue weighted by atomic mass is 35.5. The smallest absolute Gasteiger partial charge is 0.327 e. The summed E-state index contributed by atoms with van der Waals surface area (Å²) in [4.78, 5) is 29.9. The molecule has 8 heteroatoms. The fourth-order valence-electron chi connectivity index (χ4n) is 4.13. The average Bonchev–Trinajstić information content (AvgIpc) is 3.15. The molecule has 5 rings (SSSR count). The molecule has 0 saturated carbocycles. The van der Waals surface area contributed by atoms with Gasteiger partial charge in [0.25, 0.3) is 5.56 Å². The molecule has 1 atom stereocenters. The summed E-state index contributed by atoms with van der Waals surface area (Å²) in [6.07, 6.45) is 3.20. The summed E-state index contributed by atoms with van der Waals surface area (Å²) in [5.41, 5.74) is 4.11. The summed E-state index contributed by atoms with van der Waals surface area (Å²) in [6, 6.07) is 17.3. The van der Waals surface area contributed by atoms with Crippen LogP contribution >= 0.6 is 11.6 Å². The van der Waals surface area contributed by atoms with E-state index in [1.807, 2.05) is 49.4 Å². The summed E-state index contributed by atoms with van der Waals surface area (Å²) in [5.74, 6) is -1.07. The summed E-state index contributed by atoms with van der Waals surface area (Å²) >= 11 is 6.02. The number of aromatic nitrogens is 4. The van der Waals surface area contributed by atoms with Crippen LogP contribution in [-0.2, 0) is 11.2 Å². The van der Waals surface area contributed by atoms with E-state index in [0.717, 1.165) is 22.4 Å². The molecule has 0 aliphatic heterocycles. The quantitative estimate of drug-likeness (QED) is 0.417. The molecule has 33 heavy (non-hydrogen) atoms. The predicted octanol–water partition coefficient (Wildman–Crippen LogP) is 4.54. The van der Waals surface area contributed by atoms with E-state index < -0.39 is 17.6 Å². The molecule has 0 fully saturated rings. The minimum absolute atomic E-state index is 0.193. The van der Waals surface area contributed by atoms with Crippen LogP contribution in [0, 0.1) is 6.92 Å². The number of hydrogen-bond acceptors (Lipinski definition) is 4. The van der Waals surface area contributed by atoms with E-state index in [2.05, 4.69) is 10.1 Å². The average molecular weight is 459 g/mol. The standard InChI is InChI=1S/C25H19ClN4O3/c1-15-22(17-7-9-18(26)10-8-17)23-27-14-19-20(30(23)28-15)11-12-29(24(19)31)21(25(32)33)13-16-5-3-2-4-6-16/h2-12,14,21H,13H2,1H3,(H,32,33). The van der Waals surface area contributed by atoms with Crippen molar-refractivity contribution >= 4 is 34.1 Å². The normalized spacial score (nSPS) is 12.3. The van der Waals surface area contributed by atoms with Crippen molar-refractivity contribution in [3.8, 4) is 11.1 Å². The Morgan fingerprint density at radius 2 is 1.82 bits per heavy atom. The molecule has 1 N–H and O–H groups in total. The number of nitrogens with zero attached hydrogens (tertiary/aromatic N) is 4. The highest BCUT2D eigenvalue weighted by molar-refractivity contribution is 6.30. The number of pyridine rings is 1. The Bertz CT molecular complexity index is 1560. The topological polar surface area (TPSA) is 89.5 Å². The highest BCUT2D eigenvalue weighted by Gasteiger charge is 2.23. The highest BCUT2D eigenvalue weighted by Crippen LogP contribution is 2.29. The molecule has 3 heterocycles. The molecule has 0 aliphatic carbocycles. The van der Waals surface area contributed by atoms with Crippen molar-refractivity contribution in [3.05, 3.63) is 99.7 Å². The summed E-state index contributed by atoms with van der Waals surface area (Å²) in [7, 11) is 0. The van der Waals surface area contributed by atoms with Crippen molar-refractivity contribution in [1.29, 1.82) is 0 Å². The number of hydrogen-bond donors (Lipinski definition) is 1. The first kappa shape index (κ1) is 20.9. The van der Waals surface area contributed by atoms with Crippen LogP contribution in [0.1, 0.15) is 17.3 Å². The number of aliphatic carboxylic acids is 1. The number of halogens is 1. The molecule has 5 aromatic rings. The number of benzene rings is 2. The maximum Gasteiger partial charge on any atom is 0.327 e. The number of carboxylic acid groups (broad SMARTS) is 1. The molecular formula is C25H19ClN4O3. The Morgan fingerprint density at radius 1 is 1.09 bits per heavy atom. The Labute approximate surface area is 193 Å². The Morgan fingerprint density at radius 3 is 2.52 bits per heavy atom. The molecular weight excluding hydrogens is 440 g/mol. The summed E-state index contributed by atoms with van der Waals surface area (Å²) in [6.45, 7) is 1.88. The van der Waals surface area contributed by atoms with Gasteiger partial charge in [0, 0.05) is 29.4 Å². The molecule has 3 aromatic heterocycles. The predicted molar refractivity (Wildman–Crippen MR) is 127 cm³/mol. The third-order valence-corrected chi connectivity index (χ3v) is 5.99. The van der Waals surface area contributed by atoms with Crippen molar-refractivity contribution in [2.24, 2.45) is 0 Å². The van der Waals surface area contributed by atoms with Crippen LogP contribution in [0.25, 0.3) is 27.7 Å². The zero-order chi connectivity index (χ0) is 23.1. The molecule has 0 aliphatic rings. The van der Waals surface area contributed by atoms with E-state index in [4.69, 9.17) is 11.6 Å². The Balaban J connectivity index is 1.65. The molecule has 164 valence electrons. The van der Waals surface area contributed by atoms with Crippen LogP contribution in [0.4, 0.5) is 0 Å². The molecule has 2 aromatic carbocycles. The van der Waals surface area contributed by atoms with Crippen LogP contribution in [0.2, 0.25) is 5.02 Å². The third-order valence-electron chi connectivity index (χ3n) is 5.74. The SMILES string of the molecule is Cc1nn2c(ncc3c(=O)n(C(Cc4ccccc4)C(=O)O)ccc32)c1-c1ccc(Cl)cc1. The van der Waals surface area contributed by atoms with Gasteiger partial charge in [-0.3, -0.25) is 4.79 Å². The van der Waals surface area contributed by atoms with Gasteiger partial charge in [0.2, 0.25) is 0 Å². The summed E-state index contributed by atoms with van der Waals surface area (Å²) in [5, 5.41) is 15.4. The minimum atomic E-state index is -1.07. The zero-order valence-corrected chi connectivity index (χ0v) is 18.4.